The molecule has 1 heterocycles. The quantitative estimate of drug-likeness (QED) is 0.795. The van der Waals surface area contributed by atoms with Crippen molar-refractivity contribution in [3.63, 3.8) is 0 Å². The highest BCUT2D eigenvalue weighted by atomic mass is 32.2. The number of rotatable bonds is 1. The lowest BCUT2D eigenvalue weighted by molar-refractivity contribution is 0.488. The number of nitrogens with zero attached hydrogens (tertiary/aromatic N) is 1. The Hall–Kier alpha value is -0.920. The molecule has 1 aromatic rings. The summed E-state index contributed by atoms with van der Waals surface area (Å²) >= 11 is 3.61. The number of thioether (sulfide) groups is 2. The van der Waals surface area contributed by atoms with Gasteiger partial charge in [-0.1, -0.05) is 61.4 Å². The first-order valence-corrected chi connectivity index (χ1v) is 8.83. The van der Waals surface area contributed by atoms with Crippen molar-refractivity contribution in [2.45, 2.75) is 41.4 Å². The summed E-state index contributed by atoms with van der Waals surface area (Å²) in [7, 11) is 0. The van der Waals surface area contributed by atoms with E-state index in [2.05, 4.69) is 18.2 Å². The van der Waals surface area contributed by atoms with E-state index in [-0.39, 0.29) is 15.2 Å². The molecule has 3 rings (SSSR count). The van der Waals surface area contributed by atoms with Crippen LogP contribution >= 0.6 is 23.5 Å². The molecule has 2 nitrogen and oxygen atoms in total. The molecule has 0 aromatic heterocycles. The summed E-state index contributed by atoms with van der Waals surface area (Å²) in [6.07, 6.45) is 6.17. The molecule has 104 valence electrons. The molecule has 0 bridgehead atoms. The van der Waals surface area contributed by atoms with E-state index in [0.717, 1.165) is 0 Å². The summed E-state index contributed by atoms with van der Waals surface area (Å²) in [4.78, 5) is 0. The van der Waals surface area contributed by atoms with Crippen molar-refractivity contribution in [3.8, 4) is 6.07 Å². The third-order valence-electron chi connectivity index (χ3n) is 4.11. The molecule has 1 aromatic carbocycles. The fourth-order valence-corrected chi connectivity index (χ4v) is 6.75. The van der Waals surface area contributed by atoms with Crippen LogP contribution in [0.15, 0.2) is 30.3 Å². The number of nitriles is 1. The zero-order chi connectivity index (χ0) is 14.0. The Morgan fingerprint density at radius 2 is 1.85 bits per heavy atom. The molecular weight excluding hydrogens is 284 g/mol. The van der Waals surface area contributed by atoms with Gasteiger partial charge in [-0.2, -0.15) is 5.26 Å². The topological polar surface area (TPSA) is 47.6 Å². The van der Waals surface area contributed by atoms with Gasteiger partial charge in [-0.3, -0.25) is 5.41 Å². The molecule has 0 radical (unpaired) electrons. The minimum absolute atomic E-state index is 0.119. The Labute approximate surface area is 128 Å². The van der Waals surface area contributed by atoms with Gasteiger partial charge in [0.15, 0.2) is 0 Å². The Morgan fingerprint density at radius 1 is 1.15 bits per heavy atom. The van der Waals surface area contributed by atoms with Gasteiger partial charge in [0.05, 0.1) is 20.4 Å². The highest BCUT2D eigenvalue weighted by Gasteiger charge is 2.46. The average Bonchev–Trinajstić information content (AvgIpc) is 2.48. The first-order valence-electron chi connectivity index (χ1n) is 7.14. The fourth-order valence-electron chi connectivity index (χ4n) is 3.06. The maximum absolute atomic E-state index is 9.46. The Morgan fingerprint density at radius 3 is 2.50 bits per heavy atom. The van der Waals surface area contributed by atoms with Crippen LogP contribution in [0.3, 0.4) is 0 Å². The summed E-state index contributed by atoms with van der Waals surface area (Å²) in [5.74, 6) is -0.292. The monoisotopic (exact) mass is 302 g/mol. The summed E-state index contributed by atoms with van der Waals surface area (Å²) in [5.41, 5.74) is 1.19. The van der Waals surface area contributed by atoms with Crippen LogP contribution in [0, 0.1) is 22.7 Å². The second-order valence-electron chi connectivity index (χ2n) is 5.49. The molecule has 2 fully saturated rings. The summed E-state index contributed by atoms with van der Waals surface area (Å²) < 4.78 is 0.142. The molecular formula is C16H18N2S2. The molecule has 0 amide bonds. The maximum Gasteiger partial charge on any atom is 0.110 e. The molecule has 1 aliphatic carbocycles. The lowest BCUT2D eigenvalue weighted by atomic mass is 9.99. The van der Waals surface area contributed by atoms with E-state index in [1.54, 1.807) is 11.8 Å². The smallest absolute Gasteiger partial charge is 0.110 e. The van der Waals surface area contributed by atoms with E-state index in [0.29, 0.717) is 5.04 Å². The standard InChI is InChI=1S/C16H18N2S2/c17-11-13-14(12-7-3-1-4-8-12)19-16(20-15(13)18)9-5-2-6-10-16/h1,3-4,7-8,13-14,18H,2,5-6,9-10H2/t13-,14+/m1/s1. The van der Waals surface area contributed by atoms with Crippen LogP contribution in [0.5, 0.6) is 0 Å². The molecule has 0 unspecified atom stereocenters. The highest BCUT2D eigenvalue weighted by molar-refractivity contribution is 8.27. The van der Waals surface area contributed by atoms with E-state index >= 15 is 0 Å². The lowest BCUT2D eigenvalue weighted by Crippen LogP contribution is -2.35. The molecule has 2 atom stereocenters. The van der Waals surface area contributed by atoms with Crippen molar-refractivity contribution < 1.29 is 0 Å². The van der Waals surface area contributed by atoms with Crippen LogP contribution in [-0.2, 0) is 0 Å². The van der Waals surface area contributed by atoms with Crippen LogP contribution in [0.25, 0.3) is 0 Å². The zero-order valence-corrected chi connectivity index (χ0v) is 13.0. The minimum atomic E-state index is -0.292. The van der Waals surface area contributed by atoms with E-state index in [4.69, 9.17) is 5.41 Å². The lowest BCUT2D eigenvalue weighted by Gasteiger charge is -2.44. The second kappa shape index (κ2) is 5.83. The number of benzene rings is 1. The molecule has 1 spiro atoms. The Bertz CT molecular complexity index is 529. The van der Waals surface area contributed by atoms with Gasteiger partial charge in [0.2, 0.25) is 0 Å². The van der Waals surface area contributed by atoms with Crippen LogP contribution < -0.4 is 0 Å². The van der Waals surface area contributed by atoms with Gasteiger partial charge < -0.3 is 0 Å². The first-order chi connectivity index (χ1) is 9.74. The SMILES string of the molecule is N#C[C@H]1C(=N)SC2(CCCCC2)S[C@H]1c1ccccc1. The molecule has 2 aliphatic rings. The zero-order valence-electron chi connectivity index (χ0n) is 11.3. The molecule has 20 heavy (non-hydrogen) atoms. The first kappa shape index (κ1) is 14.0. The molecule has 1 aliphatic heterocycles. The fraction of sp³-hybridized carbons (Fsp3) is 0.500. The molecule has 1 saturated carbocycles. The largest absolute Gasteiger partial charge is 0.297 e. The van der Waals surface area contributed by atoms with Crippen molar-refractivity contribution >= 4 is 28.6 Å². The van der Waals surface area contributed by atoms with Gasteiger partial charge in [-0.25, -0.2) is 0 Å². The van der Waals surface area contributed by atoms with Gasteiger partial charge >= 0.3 is 0 Å². The summed E-state index contributed by atoms with van der Waals surface area (Å²) in [6, 6.07) is 12.6. The van der Waals surface area contributed by atoms with E-state index in [9.17, 15) is 5.26 Å². The van der Waals surface area contributed by atoms with Crippen molar-refractivity contribution in [2.75, 3.05) is 0 Å². The van der Waals surface area contributed by atoms with Gasteiger partial charge in [0, 0.05) is 0 Å². The van der Waals surface area contributed by atoms with Crippen molar-refractivity contribution in [2.24, 2.45) is 5.92 Å². The Kier molecular flexibility index (Phi) is 4.09. The van der Waals surface area contributed by atoms with Crippen LogP contribution in [0.2, 0.25) is 0 Å². The maximum atomic E-state index is 9.46. The normalized spacial score (nSPS) is 29.1. The van der Waals surface area contributed by atoms with Crippen LogP contribution in [0.1, 0.15) is 42.9 Å². The van der Waals surface area contributed by atoms with E-state index in [1.807, 2.05) is 30.0 Å². The van der Waals surface area contributed by atoms with Gasteiger partial charge in [-0.05, 0) is 18.4 Å². The molecule has 1 N–H and O–H groups in total. The second-order valence-corrected chi connectivity index (χ2v) is 8.70. The number of hydrogen-bond donors (Lipinski definition) is 1. The third-order valence-corrected chi connectivity index (χ3v) is 7.53. The molecule has 4 heteroatoms. The van der Waals surface area contributed by atoms with Gasteiger partial charge in [0.1, 0.15) is 5.92 Å². The van der Waals surface area contributed by atoms with Crippen molar-refractivity contribution in [1.82, 2.24) is 0 Å². The van der Waals surface area contributed by atoms with Crippen LogP contribution in [0.4, 0.5) is 0 Å². The van der Waals surface area contributed by atoms with E-state index < -0.39 is 0 Å². The van der Waals surface area contributed by atoms with Gasteiger partial charge in [0.25, 0.3) is 0 Å². The summed E-state index contributed by atoms with van der Waals surface area (Å²) in [6.45, 7) is 0. The number of hydrogen-bond acceptors (Lipinski definition) is 4. The predicted octanol–water partition coefficient (Wildman–Crippen LogP) is 4.99. The predicted molar refractivity (Wildman–Crippen MR) is 87.0 cm³/mol. The van der Waals surface area contributed by atoms with Crippen molar-refractivity contribution in [1.29, 1.82) is 10.7 Å². The Balaban J connectivity index is 1.92. The third kappa shape index (κ3) is 2.62. The highest BCUT2D eigenvalue weighted by Crippen LogP contribution is 2.60. The average molecular weight is 302 g/mol. The minimum Gasteiger partial charge on any atom is -0.297 e. The number of nitrogens with one attached hydrogen (secondary N) is 1. The van der Waals surface area contributed by atoms with Crippen molar-refractivity contribution in [3.05, 3.63) is 35.9 Å². The van der Waals surface area contributed by atoms with E-state index in [1.165, 1.54) is 37.7 Å². The summed E-state index contributed by atoms with van der Waals surface area (Å²) in [5, 5.41) is 18.5. The molecule has 1 saturated heterocycles. The van der Waals surface area contributed by atoms with Crippen LogP contribution in [-0.4, -0.2) is 9.12 Å². The van der Waals surface area contributed by atoms with Gasteiger partial charge in [-0.15, -0.1) is 11.8 Å².